The first-order valence-electron chi connectivity index (χ1n) is 8.09. The molecule has 5 nitrogen and oxygen atoms in total. The average Bonchev–Trinajstić information content (AvgIpc) is 2.71. The maximum Gasteiger partial charge on any atom is 0.310 e. The summed E-state index contributed by atoms with van der Waals surface area (Å²) in [5.41, 5.74) is -1.55. The number of carboxylic acid groups (broad SMARTS) is 1. The summed E-state index contributed by atoms with van der Waals surface area (Å²) in [7, 11) is 0. The predicted molar refractivity (Wildman–Crippen MR) is 80.9 cm³/mol. The van der Waals surface area contributed by atoms with Gasteiger partial charge in [-0.25, -0.2) is 0 Å². The van der Waals surface area contributed by atoms with E-state index in [4.69, 9.17) is 0 Å². The SMILES string of the molecule is CCC(CC)(CO)NC(=O)CC1(C(=O)O)CCCCCC1. The van der Waals surface area contributed by atoms with E-state index in [9.17, 15) is 19.8 Å². The molecule has 0 unspecified atom stereocenters. The van der Waals surface area contributed by atoms with Crippen LogP contribution in [-0.4, -0.2) is 34.2 Å². The molecule has 21 heavy (non-hydrogen) atoms. The average molecular weight is 299 g/mol. The molecular formula is C16H29NO4. The molecule has 0 spiro atoms. The number of carboxylic acids is 1. The minimum Gasteiger partial charge on any atom is -0.481 e. The van der Waals surface area contributed by atoms with Crippen molar-refractivity contribution in [1.82, 2.24) is 5.32 Å². The highest BCUT2D eigenvalue weighted by Crippen LogP contribution is 2.38. The predicted octanol–water partition coefficient (Wildman–Crippen LogP) is 2.47. The fraction of sp³-hybridized carbons (Fsp3) is 0.875. The number of rotatable bonds is 7. The fourth-order valence-electron chi connectivity index (χ4n) is 3.21. The Bertz CT molecular complexity index is 347. The molecule has 1 aliphatic carbocycles. The molecule has 0 aromatic heterocycles. The van der Waals surface area contributed by atoms with Crippen LogP contribution in [0, 0.1) is 5.41 Å². The van der Waals surface area contributed by atoms with Crippen LogP contribution in [0.4, 0.5) is 0 Å². The summed E-state index contributed by atoms with van der Waals surface area (Å²) in [4.78, 5) is 24.0. The van der Waals surface area contributed by atoms with Gasteiger partial charge in [-0.05, 0) is 25.7 Å². The molecule has 0 bridgehead atoms. The van der Waals surface area contributed by atoms with Gasteiger partial charge in [0.2, 0.25) is 5.91 Å². The second-order valence-electron chi connectivity index (χ2n) is 6.37. The number of aliphatic hydroxyl groups is 1. The largest absolute Gasteiger partial charge is 0.481 e. The van der Waals surface area contributed by atoms with Gasteiger partial charge in [0, 0.05) is 6.42 Å². The van der Waals surface area contributed by atoms with Crippen LogP contribution < -0.4 is 5.32 Å². The third kappa shape index (κ3) is 4.43. The molecule has 0 aromatic carbocycles. The molecular weight excluding hydrogens is 270 g/mol. The summed E-state index contributed by atoms with van der Waals surface area (Å²) < 4.78 is 0. The highest BCUT2D eigenvalue weighted by Gasteiger charge is 2.41. The van der Waals surface area contributed by atoms with E-state index in [1.807, 2.05) is 13.8 Å². The molecule has 122 valence electrons. The van der Waals surface area contributed by atoms with Crippen molar-refractivity contribution in [2.75, 3.05) is 6.61 Å². The first-order valence-corrected chi connectivity index (χ1v) is 8.09. The zero-order valence-corrected chi connectivity index (χ0v) is 13.3. The van der Waals surface area contributed by atoms with Crippen LogP contribution in [0.15, 0.2) is 0 Å². The van der Waals surface area contributed by atoms with Crippen molar-refractivity contribution in [3.63, 3.8) is 0 Å². The van der Waals surface area contributed by atoms with Gasteiger partial charge in [0.15, 0.2) is 0 Å². The van der Waals surface area contributed by atoms with E-state index in [1.54, 1.807) is 0 Å². The maximum atomic E-state index is 12.3. The van der Waals surface area contributed by atoms with Gasteiger partial charge in [0.05, 0.1) is 17.6 Å². The normalized spacial score (nSPS) is 18.8. The number of nitrogens with one attached hydrogen (secondary N) is 1. The number of carbonyl (C=O) groups excluding carboxylic acids is 1. The van der Waals surface area contributed by atoms with E-state index in [1.165, 1.54) is 0 Å². The van der Waals surface area contributed by atoms with Crippen LogP contribution in [0.25, 0.3) is 0 Å². The minimum absolute atomic E-state index is 0.0179. The molecule has 3 N–H and O–H groups in total. The van der Waals surface area contributed by atoms with Gasteiger partial charge in [0.1, 0.15) is 0 Å². The summed E-state index contributed by atoms with van der Waals surface area (Å²) in [6, 6.07) is 0. The van der Waals surface area contributed by atoms with E-state index in [-0.39, 0.29) is 18.9 Å². The van der Waals surface area contributed by atoms with Gasteiger partial charge in [-0.2, -0.15) is 0 Å². The molecule has 0 aromatic rings. The van der Waals surface area contributed by atoms with Crippen molar-refractivity contribution in [2.24, 2.45) is 5.41 Å². The molecule has 1 fully saturated rings. The van der Waals surface area contributed by atoms with Gasteiger partial charge in [-0.1, -0.05) is 39.5 Å². The second kappa shape index (κ2) is 7.78. The van der Waals surface area contributed by atoms with Crippen molar-refractivity contribution >= 4 is 11.9 Å². The number of hydrogen-bond acceptors (Lipinski definition) is 3. The Balaban J connectivity index is 2.79. The van der Waals surface area contributed by atoms with E-state index in [0.717, 1.165) is 25.7 Å². The molecule has 1 amide bonds. The zero-order valence-electron chi connectivity index (χ0n) is 13.3. The first kappa shape index (κ1) is 18.0. The lowest BCUT2D eigenvalue weighted by Gasteiger charge is -2.33. The smallest absolute Gasteiger partial charge is 0.310 e. The fourth-order valence-corrected chi connectivity index (χ4v) is 3.21. The Morgan fingerprint density at radius 2 is 1.62 bits per heavy atom. The lowest BCUT2D eigenvalue weighted by atomic mass is 9.77. The van der Waals surface area contributed by atoms with E-state index in [0.29, 0.717) is 25.7 Å². The molecule has 5 heteroatoms. The van der Waals surface area contributed by atoms with Crippen molar-refractivity contribution in [1.29, 1.82) is 0 Å². The number of aliphatic carboxylic acids is 1. The monoisotopic (exact) mass is 299 g/mol. The Kier molecular flexibility index (Phi) is 6.65. The molecule has 0 saturated heterocycles. The summed E-state index contributed by atoms with van der Waals surface area (Å²) in [5, 5.41) is 22.0. The van der Waals surface area contributed by atoms with Crippen LogP contribution >= 0.6 is 0 Å². The van der Waals surface area contributed by atoms with Gasteiger partial charge in [-0.3, -0.25) is 9.59 Å². The van der Waals surface area contributed by atoms with E-state index < -0.39 is 16.9 Å². The summed E-state index contributed by atoms with van der Waals surface area (Å²) in [5.74, 6) is -1.11. The van der Waals surface area contributed by atoms with Crippen molar-refractivity contribution in [2.45, 2.75) is 77.2 Å². The summed E-state index contributed by atoms with van der Waals surface area (Å²) in [6.07, 6.45) is 6.24. The van der Waals surface area contributed by atoms with Gasteiger partial charge < -0.3 is 15.5 Å². The van der Waals surface area contributed by atoms with Gasteiger partial charge in [-0.15, -0.1) is 0 Å². The van der Waals surface area contributed by atoms with Crippen LogP contribution in [0.2, 0.25) is 0 Å². The Labute approximate surface area is 127 Å². The number of aliphatic hydroxyl groups excluding tert-OH is 1. The lowest BCUT2D eigenvalue weighted by molar-refractivity contribution is -0.153. The van der Waals surface area contributed by atoms with Crippen LogP contribution in [0.3, 0.4) is 0 Å². The van der Waals surface area contributed by atoms with Gasteiger partial charge in [0.25, 0.3) is 0 Å². The third-order valence-corrected chi connectivity index (χ3v) is 5.07. The molecule has 1 rings (SSSR count). The highest BCUT2D eigenvalue weighted by atomic mass is 16.4. The third-order valence-electron chi connectivity index (χ3n) is 5.07. The van der Waals surface area contributed by atoms with Crippen LogP contribution in [0.1, 0.15) is 71.6 Å². The molecule has 0 heterocycles. The Morgan fingerprint density at radius 3 is 2.00 bits per heavy atom. The molecule has 1 aliphatic rings. The summed E-state index contributed by atoms with van der Waals surface area (Å²) in [6.45, 7) is 3.71. The topological polar surface area (TPSA) is 86.6 Å². The summed E-state index contributed by atoms with van der Waals surface area (Å²) >= 11 is 0. The second-order valence-corrected chi connectivity index (χ2v) is 6.37. The number of carbonyl (C=O) groups is 2. The highest BCUT2D eigenvalue weighted by molar-refractivity contribution is 5.85. The van der Waals surface area contributed by atoms with Crippen LogP contribution in [-0.2, 0) is 9.59 Å². The number of hydrogen-bond donors (Lipinski definition) is 3. The Morgan fingerprint density at radius 1 is 1.10 bits per heavy atom. The van der Waals surface area contributed by atoms with Gasteiger partial charge >= 0.3 is 5.97 Å². The quantitative estimate of drug-likeness (QED) is 0.630. The molecule has 0 radical (unpaired) electrons. The number of amides is 1. The molecule has 1 saturated carbocycles. The first-order chi connectivity index (χ1) is 9.93. The molecule has 0 atom stereocenters. The lowest BCUT2D eigenvalue weighted by Crippen LogP contribution is -2.52. The zero-order chi connectivity index (χ0) is 15.9. The Hall–Kier alpha value is -1.10. The van der Waals surface area contributed by atoms with Crippen molar-refractivity contribution in [3.8, 4) is 0 Å². The van der Waals surface area contributed by atoms with E-state index in [2.05, 4.69) is 5.32 Å². The van der Waals surface area contributed by atoms with E-state index >= 15 is 0 Å². The minimum atomic E-state index is -0.927. The van der Waals surface area contributed by atoms with Crippen LogP contribution in [0.5, 0.6) is 0 Å². The van der Waals surface area contributed by atoms with Crippen molar-refractivity contribution in [3.05, 3.63) is 0 Å². The molecule has 0 aliphatic heterocycles. The standard InChI is InChI=1S/C16H29NO4/c1-3-16(4-2,12-18)17-13(19)11-15(14(20)21)9-7-5-6-8-10-15/h18H,3-12H2,1-2H3,(H,17,19)(H,20,21). The maximum absolute atomic E-state index is 12.3. The van der Waals surface area contributed by atoms with Crippen molar-refractivity contribution < 1.29 is 19.8 Å².